The first-order valence-electron chi connectivity index (χ1n) is 7.06. The fourth-order valence-corrected chi connectivity index (χ4v) is 2.89. The Morgan fingerprint density at radius 2 is 2.06 bits per heavy atom. The van der Waals surface area contributed by atoms with Crippen molar-refractivity contribution in [2.75, 3.05) is 0 Å². The molecule has 0 aromatic carbocycles. The van der Waals surface area contributed by atoms with Gasteiger partial charge in [0, 0.05) is 6.04 Å². The standard InChI is InChI=1S/C15H25NO/c1-3-4-13-5-7-14(8-6-13)16-11-15-12(2)9-10-17-15/h9-10,13-14,16H,3-8,11H2,1-2H3. The number of nitrogens with one attached hydrogen (secondary N) is 1. The molecule has 1 aliphatic rings. The van der Waals surface area contributed by atoms with E-state index >= 15 is 0 Å². The van der Waals surface area contributed by atoms with Crippen LogP contribution in [0.3, 0.4) is 0 Å². The monoisotopic (exact) mass is 235 g/mol. The first kappa shape index (κ1) is 12.7. The molecule has 2 nitrogen and oxygen atoms in total. The number of furan rings is 1. The highest BCUT2D eigenvalue weighted by Crippen LogP contribution is 2.27. The zero-order valence-electron chi connectivity index (χ0n) is 11.2. The molecule has 1 aromatic rings. The lowest BCUT2D eigenvalue weighted by molar-refractivity contribution is 0.273. The lowest BCUT2D eigenvalue weighted by Gasteiger charge is -2.28. The van der Waals surface area contributed by atoms with Gasteiger partial charge in [-0.2, -0.15) is 0 Å². The van der Waals surface area contributed by atoms with E-state index in [1.54, 1.807) is 6.26 Å². The first-order valence-corrected chi connectivity index (χ1v) is 7.06. The highest BCUT2D eigenvalue weighted by Gasteiger charge is 2.20. The molecule has 2 heteroatoms. The van der Waals surface area contributed by atoms with E-state index in [1.165, 1.54) is 44.1 Å². The van der Waals surface area contributed by atoms with E-state index in [4.69, 9.17) is 4.42 Å². The summed E-state index contributed by atoms with van der Waals surface area (Å²) in [6, 6.07) is 2.74. The minimum Gasteiger partial charge on any atom is -0.468 e. The Morgan fingerprint density at radius 3 is 2.65 bits per heavy atom. The van der Waals surface area contributed by atoms with E-state index in [-0.39, 0.29) is 0 Å². The van der Waals surface area contributed by atoms with Gasteiger partial charge in [0.2, 0.25) is 0 Å². The van der Waals surface area contributed by atoms with Gasteiger partial charge in [-0.25, -0.2) is 0 Å². The Labute approximate surface area is 105 Å². The van der Waals surface area contributed by atoms with Gasteiger partial charge in [0.05, 0.1) is 12.8 Å². The van der Waals surface area contributed by atoms with Gasteiger partial charge in [0.25, 0.3) is 0 Å². The maximum atomic E-state index is 5.45. The Balaban J connectivity index is 1.70. The highest BCUT2D eigenvalue weighted by molar-refractivity contribution is 5.14. The van der Waals surface area contributed by atoms with Crippen LogP contribution in [0.1, 0.15) is 56.8 Å². The fraction of sp³-hybridized carbons (Fsp3) is 0.733. The van der Waals surface area contributed by atoms with Gasteiger partial charge in [-0.15, -0.1) is 0 Å². The van der Waals surface area contributed by atoms with Crippen LogP contribution in [-0.4, -0.2) is 6.04 Å². The minimum absolute atomic E-state index is 0.701. The average Bonchev–Trinajstić information content (AvgIpc) is 2.75. The van der Waals surface area contributed by atoms with E-state index in [1.807, 2.05) is 6.07 Å². The molecule has 1 aromatic heterocycles. The number of aryl methyl sites for hydroxylation is 1. The van der Waals surface area contributed by atoms with E-state index < -0.39 is 0 Å². The van der Waals surface area contributed by atoms with Gasteiger partial charge >= 0.3 is 0 Å². The van der Waals surface area contributed by atoms with Crippen molar-refractivity contribution >= 4 is 0 Å². The summed E-state index contributed by atoms with van der Waals surface area (Å²) in [7, 11) is 0. The van der Waals surface area contributed by atoms with Crippen molar-refractivity contribution in [2.45, 2.75) is 65.0 Å². The molecule has 1 heterocycles. The summed E-state index contributed by atoms with van der Waals surface area (Å²) in [4.78, 5) is 0. The molecule has 0 unspecified atom stereocenters. The SMILES string of the molecule is CCCC1CCC(NCc2occc2C)CC1. The second-order valence-electron chi connectivity index (χ2n) is 5.41. The topological polar surface area (TPSA) is 25.2 Å². The normalized spacial score (nSPS) is 25.1. The summed E-state index contributed by atoms with van der Waals surface area (Å²) < 4.78 is 5.45. The quantitative estimate of drug-likeness (QED) is 0.833. The van der Waals surface area contributed by atoms with Crippen molar-refractivity contribution in [3.05, 3.63) is 23.7 Å². The Bertz CT molecular complexity index is 323. The molecule has 1 N–H and O–H groups in total. The second kappa shape index (κ2) is 6.25. The molecule has 1 aliphatic carbocycles. The van der Waals surface area contributed by atoms with Crippen LogP contribution in [0.25, 0.3) is 0 Å². The van der Waals surface area contributed by atoms with Crippen LogP contribution in [0.5, 0.6) is 0 Å². The van der Waals surface area contributed by atoms with Crippen LogP contribution < -0.4 is 5.32 Å². The predicted molar refractivity (Wildman–Crippen MR) is 70.9 cm³/mol. The van der Waals surface area contributed by atoms with Gasteiger partial charge in [-0.3, -0.25) is 0 Å². The molecule has 0 aliphatic heterocycles. The molecular formula is C15H25NO. The van der Waals surface area contributed by atoms with Crippen molar-refractivity contribution in [1.29, 1.82) is 0 Å². The molecule has 1 fully saturated rings. The van der Waals surface area contributed by atoms with Crippen molar-refractivity contribution < 1.29 is 4.42 Å². The molecule has 0 radical (unpaired) electrons. The molecular weight excluding hydrogens is 210 g/mol. The lowest BCUT2D eigenvalue weighted by Crippen LogP contribution is -2.32. The minimum atomic E-state index is 0.701. The first-order chi connectivity index (χ1) is 8.29. The van der Waals surface area contributed by atoms with E-state index in [2.05, 4.69) is 19.2 Å². The van der Waals surface area contributed by atoms with Crippen molar-refractivity contribution in [2.24, 2.45) is 5.92 Å². The summed E-state index contributed by atoms with van der Waals surface area (Å²) in [5.74, 6) is 2.09. The largest absolute Gasteiger partial charge is 0.468 e. The summed E-state index contributed by atoms with van der Waals surface area (Å²) in [5, 5.41) is 3.63. The summed E-state index contributed by atoms with van der Waals surface area (Å²) in [5.41, 5.74) is 1.26. The third kappa shape index (κ3) is 3.60. The molecule has 96 valence electrons. The summed E-state index contributed by atoms with van der Waals surface area (Å²) in [6.07, 6.45) is 10.0. The number of hydrogen-bond donors (Lipinski definition) is 1. The smallest absolute Gasteiger partial charge is 0.120 e. The number of rotatable bonds is 5. The fourth-order valence-electron chi connectivity index (χ4n) is 2.89. The molecule has 0 bridgehead atoms. The third-order valence-electron chi connectivity index (χ3n) is 4.06. The number of hydrogen-bond acceptors (Lipinski definition) is 2. The highest BCUT2D eigenvalue weighted by atomic mass is 16.3. The Hall–Kier alpha value is -0.760. The molecule has 1 saturated carbocycles. The lowest BCUT2D eigenvalue weighted by atomic mass is 9.83. The zero-order valence-corrected chi connectivity index (χ0v) is 11.2. The molecule has 0 saturated heterocycles. The third-order valence-corrected chi connectivity index (χ3v) is 4.06. The zero-order chi connectivity index (χ0) is 12.1. The van der Waals surface area contributed by atoms with Crippen LogP contribution in [0, 0.1) is 12.8 Å². The maximum Gasteiger partial charge on any atom is 0.120 e. The Kier molecular flexibility index (Phi) is 4.66. The van der Waals surface area contributed by atoms with Crippen molar-refractivity contribution in [3.8, 4) is 0 Å². The van der Waals surface area contributed by atoms with Crippen molar-refractivity contribution in [1.82, 2.24) is 5.32 Å². The van der Waals surface area contributed by atoms with Crippen LogP contribution in [0.4, 0.5) is 0 Å². The van der Waals surface area contributed by atoms with Gasteiger partial charge in [-0.1, -0.05) is 19.8 Å². The van der Waals surface area contributed by atoms with Crippen LogP contribution in [0.15, 0.2) is 16.7 Å². The van der Waals surface area contributed by atoms with Crippen LogP contribution in [0.2, 0.25) is 0 Å². The van der Waals surface area contributed by atoms with Crippen LogP contribution in [-0.2, 0) is 6.54 Å². The average molecular weight is 235 g/mol. The molecule has 0 spiro atoms. The summed E-state index contributed by atoms with van der Waals surface area (Å²) in [6.45, 7) is 5.30. The predicted octanol–water partition coefficient (Wildman–Crippen LogP) is 4.04. The molecule has 17 heavy (non-hydrogen) atoms. The van der Waals surface area contributed by atoms with Gasteiger partial charge in [0.15, 0.2) is 0 Å². The maximum absolute atomic E-state index is 5.45. The van der Waals surface area contributed by atoms with E-state index in [0.717, 1.165) is 18.2 Å². The van der Waals surface area contributed by atoms with Gasteiger partial charge < -0.3 is 9.73 Å². The summed E-state index contributed by atoms with van der Waals surface area (Å²) >= 11 is 0. The molecule has 0 atom stereocenters. The van der Waals surface area contributed by atoms with Crippen LogP contribution >= 0.6 is 0 Å². The van der Waals surface area contributed by atoms with Gasteiger partial charge in [0.1, 0.15) is 5.76 Å². The molecule has 0 amide bonds. The van der Waals surface area contributed by atoms with E-state index in [0.29, 0.717) is 6.04 Å². The van der Waals surface area contributed by atoms with Crippen molar-refractivity contribution in [3.63, 3.8) is 0 Å². The van der Waals surface area contributed by atoms with Gasteiger partial charge in [-0.05, 0) is 50.2 Å². The molecule has 2 rings (SSSR count). The second-order valence-corrected chi connectivity index (χ2v) is 5.41. The van der Waals surface area contributed by atoms with E-state index in [9.17, 15) is 0 Å². The Morgan fingerprint density at radius 1 is 1.29 bits per heavy atom.